The van der Waals surface area contributed by atoms with Crippen LogP contribution in [0, 0.1) is 5.92 Å². The van der Waals surface area contributed by atoms with Crippen molar-refractivity contribution in [2.75, 3.05) is 0 Å². The van der Waals surface area contributed by atoms with Crippen molar-refractivity contribution in [3.8, 4) is 0 Å². The molecule has 82 valence electrons. The molecule has 1 heterocycles. The van der Waals surface area contributed by atoms with Crippen LogP contribution in [0.3, 0.4) is 0 Å². The first-order valence-corrected chi connectivity index (χ1v) is 5.07. The van der Waals surface area contributed by atoms with Gasteiger partial charge in [-0.25, -0.2) is 0 Å². The zero-order chi connectivity index (χ0) is 10.7. The van der Waals surface area contributed by atoms with Crippen LogP contribution in [0.2, 0.25) is 0 Å². The van der Waals surface area contributed by atoms with E-state index in [1.54, 1.807) is 13.8 Å². The largest absolute Gasteiger partial charge is 0.462 e. The number of aliphatic hydroxyl groups excluding tert-OH is 2. The summed E-state index contributed by atoms with van der Waals surface area (Å²) in [5.74, 6) is -0.873. The first-order valence-electron chi connectivity index (χ1n) is 5.07. The molecule has 1 aliphatic heterocycles. The second-order valence-electron chi connectivity index (χ2n) is 4.07. The number of ether oxygens (including phenoxy) is 1. The fourth-order valence-corrected chi connectivity index (χ4v) is 1.62. The minimum Gasteiger partial charge on any atom is -0.462 e. The third-order valence-electron chi connectivity index (χ3n) is 2.67. The molecule has 1 aliphatic rings. The fourth-order valence-electron chi connectivity index (χ4n) is 1.62. The molecule has 0 radical (unpaired) electrons. The van der Waals surface area contributed by atoms with Gasteiger partial charge in [-0.1, -0.05) is 0 Å². The second kappa shape index (κ2) is 4.75. The summed E-state index contributed by atoms with van der Waals surface area (Å²) >= 11 is 0. The van der Waals surface area contributed by atoms with Crippen LogP contribution in [-0.2, 0) is 9.53 Å². The molecule has 4 heteroatoms. The Hall–Kier alpha value is -0.610. The topological polar surface area (TPSA) is 66.8 Å². The van der Waals surface area contributed by atoms with E-state index in [1.807, 2.05) is 0 Å². The summed E-state index contributed by atoms with van der Waals surface area (Å²) in [6.07, 6.45) is -0.0487. The summed E-state index contributed by atoms with van der Waals surface area (Å²) in [7, 11) is 0. The highest BCUT2D eigenvalue weighted by Crippen LogP contribution is 2.19. The van der Waals surface area contributed by atoms with Crippen molar-refractivity contribution in [1.82, 2.24) is 0 Å². The standard InChI is InChI=1S/C10H18O4/c1-6-5-8(11)3-4-9(12)7(2)10(13)14-6/h6-9,11-12H,3-5H2,1-2H3/t6-,7+,8-,9-/m1/s1. The molecule has 0 spiro atoms. The van der Waals surface area contributed by atoms with Crippen LogP contribution in [0.25, 0.3) is 0 Å². The number of carbonyl (C=O) groups is 1. The van der Waals surface area contributed by atoms with Gasteiger partial charge in [-0.15, -0.1) is 0 Å². The molecule has 2 N–H and O–H groups in total. The first kappa shape index (κ1) is 11.5. The van der Waals surface area contributed by atoms with Gasteiger partial charge in [0.25, 0.3) is 0 Å². The van der Waals surface area contributed by atoms with Crippen LogP contribution >= 0.6 is 0 Å². The molecular formula is C10H18O4. The average molecular weight is 202 g/mol. The van der Waals surface area contributed by atoms with E-state index < -0.39 is 18.1 Å². The summed E-state index contributed by atoms with van der Waals surface area (Å²) in [5.41, 5.74) is 0. The highest BCUT2D eigenvalue weighted by Gasteiger charge is 2.28. The minimum absolute atomic E-state index is 0.273. The maximum Gasteiger partial charge on any atom is 0.311 e. The third-order valence-corrected chi connectivity index (χ3v) is 2.67. The van der Waals surface area contributed by atoms with Crippen LogP contribution in [0.5, 0.6) is 0 Å². The van der Waals surface area contributed by atoms with Crippen molar-refractivity contribution in [3.63, 3.8) is 0 Å². The van der Waals surface area contributed by atoms with Gasteiger partial charge in [-0.05, 0) is 26.7 Å². The molecule has 1 saturated heterocycles. The molecule has 1 rings (SSSR count). The Morgan fingerprint density at radius 1 is 1.29 bits per heavy atom. The van der Waals surface area contributed by atoms with Crippen molar-refractivity contribution < 1.29 is 19.7 Å². The molecule has 0 aromatic rings. The summed E-state index contributed by atoms with van der Waals surface area (Å²) in [6.45, 7) is 3.41. The summed E-state index contributed by atoms with van der Waals surface area (Å²) in [4.78, 5) is 11.4. The quantitative estimate of drug-likeness (QED) is 0.560. The summed E-state index contributed by atoms with van der Waals surface area (Å²) < 4.78 is 5.07. The Kier molecular flexibility index (Phi) is 3.89. The van der Waals surface area contributed by atoms with Crippen LogP contribution in [-0.4, -0.2) is 34.5 Å². The highest BCUT2D eigenvalue weighted by molar-refractivity contribution is 5.72. The SMILES string of the molecule is C[C@@H]1C[C@H](O)CC[C@@H](O)[C@H](C)C(=O)O1. The Labute approximate surface area is 83.9 Å². The smallest absolute Gasteiger partial charge is 0.311 e. The lowest BCUT2D eigenvalue weighted by Crippen LogP contribution is -2.28. The Morgan fingerprint density at radius 3 is 2.57 bits per heavy atom. The lowest BCUT2D eigenvalue weighted by molar-refractivity contribution is -0.156. The van der Waals surface area contributed by atoms with E-state index in [0.717, 1.165) is 0 Å². The van der Waals surface area contributed by atoms with Crippen molar-refractivity contribution in [2.45, 2.75) is 51.4 Å². The Balaban J connectivity index is 2.65. The number of cyclic esters (lactones) is 1. The van der Waals surface area contributed by atoms with E-state index >= 15 is 0 Å². The monoisotopic (exact) mass is 202 g/mol. The van der Waals surface area contributed by atoms with Crippen LogP contribution < -0.4 is 0 Å². The zero-order valence-corrected chi connectivity index (χ0v) is 8.64. The number of aliphatic hydroxyl groups is 2. The number of esters is 1. The van der Waals surface area contributed by atoms with Gasteiger partial charge in [0.2, 0.25) is 0 Å². The van der Waals surface area contributed by atoms with Gasteiger partial charge >= 0.3 is 5.97 Å². The average Bonchev–Trinajstić information content (AvgIpc) is 2.14. The third kappa shape index (κ3) is 2.96. The molecule has 0 aromatic carbocycles. The molecule has 4 nitrogen and oxygen atoms in total. The number of rotatable bonds is 0. The predicted octanol–water partition coefficient (Wildman–Crippen LogP) is 0.460. The molecule has 1 fully saturated rings. The van der Waals surface area contributed by atoms with Crippen LogP contribution in [0.1, 0.15) is 33.1 Å². The van der Waals surface area contributed by atoms with E-state index in [0.29, 0.717) is 19.3 Å². The van der Waals surface area contributed by atoms with Gasteiger partial charge in [-0.2, -0.15) is 0 Å². The van der Waals surface area contributed by atoms with Crippen LogP contribution in [0.4, 0.5) is 0 Å². The van der Waals surface area contributed by atoms with Crippen LogP contribution in [0.15, 0.2) is 0 Å². The van der Waals surface area contributed by atoms with Gasteiger partial charge in [0, 0.05) is 6.42 Å². The molecule has 0 unspecified atom stereocenters. The number of hydrogen-bond donors (Lipinski definition) is 2. The maximum atomic E-state index is 11.4. The highest BCUT2D eigenvalue weighted by atomic mass is 16.5. The molecule has 0 amide bonds. The van der Waals surface area contributed by atoms with Gasteiger partial charge in [0.1, 0.15) is 6.10 Å². The van der Waals surface area contributed by atoms with E-state index in [-0.39, 0.29) is 12.1 Å². The lowest BCUT2D eigenvalue weighted by atomic mass is 9.99. The Bertz CT molecular complexity index is 204. The van der Waals surface area contributed by atoms with Crippen molar-refractivity contribution >= 4 is 5.97 Å². The van der Waals surface area contributed by atoms with Crippen molar-refractivity contribution in [3.05, 3.63) is 0 Å². The van der Waals surface area contributed by atoms with E-state index in [1.165, 1.54) is 0 Å². The Morgan fingerprint density at radius 2 is 1.93 bits per heavy atom. The van der Waals surface area contributed by atoms with Gasteiger partial charge in [0.05, 0.1) is 18.1 Å². The number of hydrogen-bond acceptors (Lipinski definition) is 4. The van der Waals surface area contributed by atoms with E-state index in [4.69, 9.17) is 4.74 Å². The van der Waals surface area contributed by atoms with Crippen molar-refractivity contribution in [2.24, 2.45) is 5.92 Å². The fraction of sp³-hybridized carbons (Fsp3) is 0.900. The summed E-state index contributed by atoms with van der Waals surface area (Å²) in [5, 5.41) is 19.1. The number of carbonyl (C=O) groups excluding carboxylic acids is 1. The molecular weight excluding hydrogens is 184 g/mol. The first-order chi connectivity index (χ1) is 6.50. The second-order valence-corrected chi connectivity index (χ2v) is 4.07. The molecule has 14 heavy (non-hydrogen) atoms. The minimum atomic E-state index is -0.706. The normalized spacial score (nSPS) is 40.7. The molecule has 0 saturated carbocycles. The predicted molar refractivity (Wildman–Crippen MR) is 50.6 cm³/mol. The van der Waals surface area contributed by atoms with E-state index in [2.05, 4.69) is 0 Å². The van der Waals surface area contributed by atoms with E-state index in [9.17, 15) is 15.0 Å². The lowest BCUT2D eigenvalue weighted by Gasteiger charge is -2.17. The summed E-state index contributed by atoms with van der Waals surface area (Å²) in [6, 6.07) is 0. The van der Waals surface area contributed by atoms with Gasteiger partial charge < -0.3 is 14.9 Å². The van der Waals surface area contributed by atoms with Gasteiger partial charge in [0.15, 0.2) is 0 Å². The van der Waals surface area contributed by atoms with Gasteiger partial charge in [-0.3, -0.25) is 4.79 Å². The molecule has 4 atom stereocenters. The molecule has 0 aromatic heterocycles. The zero-order valence-electron chi connectivity index (χ0n) is 8.64. The molecule has 0 aliphatic carbocycles. The molecule has 0 bridgehead atoms. The van der Waals surface area contributed by atoms with Crippen molar-refractivity contribution in [1.29, 1.82) is 0 Å². The maximum absolute atomic E-state index is 11.4.